The van der Waals surface area contributed by atoms with Crippen molar-refractivity contribution in [2.45, 2.75) is 56.8 Å². The van der Waals surface area contributed by atoms with Crippen molar-refractivity contribution >= 4 is 48.9 Å². The number of carboxylic acids is 1. The summed E-state index contributed by atoms with van der Waals surface area (Å²) in [6, 6.07) is 8.71. The molecule has 1 heterocycles. The molecule has 0 unspecified atom stereocenters. The SMILES string of the molecule is CC1=[N+](CCCCCC(=O)O)c2ccc3ccc(S(=O)(=O)O)cc3c2C1(C)C.O=S(=O)=O. The normalized spacial score (nSPS) is 14.6. The number of rotatable bonds is 7. The number of hydrogen-bond acceptors (Lipinski definition) is 6. The number of benzene rings is 2. The Morgan fingerprint density at radius 3 is 2.22 bits per heavy atom. The van der Waals surface area contributed by atoms with Crippen molar-refractivity contribution in [3.63, 3.8) is 0 Å². The van der Waals surface area contributed by atoms with Gasteiger partial charge in [-0.2, -0.15) is 13.0 Å². The van der Waals surface area contributed by atoms with E-state index in [1.165, 1.54) is 11.8 Å². The molecule has 0 saturated heterocycles. The van der Waals surface area contributed by atoms with Crippen LogP contribution in [0.5, 0.6) is 0 Å². The fourth-order valence-corrected chi connectivity index (χ4v) is 4.55. The maximum Gasteiger partial charge on any atom is 0.425 e. The highest BCUT2D eigenvalue weighted by atomic mass is 32.2. The van der Waals surface area contributed by atoms with Crippen LogP contribution >= 0.6 is 0 Å². The van der Waals surface area contributed by atoms with Crippen LogP contribution in [0.3, 0.4) is 0 Å². The first-order chi connectivity index (χ1) is 14.8. The largest absolute Gasteiger partial charge is 0.481 e. The van der Waals surface area contributed by atoms with Gasteiger partial charge in [-0.1, -0.05) is 6.07 Å². The van der Waals surface area contributed by atoms with E-state index >= 15 is 0 Å². The van der Waals surface area contributed by atoms with Gasteiger partial charge in [0.05, 0.1) is 10.3 Å². The van der Waals surface area contributed by atoms with Crippen LogP contribution in [0.1, 0.15) is 52.0 Å². The summed E-state index contributed by atoms with van der Waals surface area (Å²) in [6.07, 6.45) is 2.57. The van der Waals surface area contributed by atoms with Crippen LogP contribution in [0.2, 0.25) is 0 Å². The lowest BCUT2D eigenvalue weighted by Gasteiger charge is -2.17. The number of hydrogen-bond donors (Lipinski definition) is 2. The molecule has 0 fully saturated rings. The number of carbonyl (C=O) groups is 1. The van der Waals surface area contributed by atoms with Gasteiger partial charge in [0, 0.05) is 31.4 Å². The molecule has 2 aromatic rings. The van der Waals surface area contributed by atoms with Gasteiger partial charge in [-0.25, -0.2) is 0 Å². The minimum absolute atomic E-state index is 0.103. The van der Waals surface area contributed by atoms with Gasteiger partial charge in [0.2, 0.25) is 5.69 Å². The second-order valence-electron chi connectivity index (χ2n) is 8.09. The van der Waals surface area contributed by atoms with Gasteiger partial charge in [-0.05, 0) is 55.7 Å². The summed E-state index contributed by atoms with van der Waals surface area (Å²) in [5.74, 6) is -0.767. The summed E-state index contributed by atoms with van der Waals surface area (Å²) >= 11 is 0. The quantitative estimate of drug-likeness (QED) is 0.346. The highest BCUT2D eigenvalue weighted by Crippen LogP contribution is 2.44. The third-order valence-corrected chi connectivity index (χ3v) is 6.62. The molecule has 9 nitrogen and oxygen atoms in total. The molecule has 0 spiro atoms. The van der Waals surface area contributed by atoms with Gasteiger partial charge in [0.25, 0.3) is 10.1 Å². The Morgan fingerprint density at radius 1 is 1.06 bits per heavy atom. The van der Waals surface area contributed by atoms with E-state index < -0.39 is 26.7 Å². The fourth-order valence-electron chi connectivity index (χ4n) is 4.04. The van der Waals surface area contributed by atoms with Gasteiger partial charge in [0.15, 0.2) is 5.71 Å². The molecule has 1 aliphatic heterocycles. The average molecular weight is 485 g/mol. The van der Waals surface area contributed by atoms with Crippen LogP contribution in [-0.4, -0.2) is 53.5 Å². The van der Waals surface area contributed by atoms with Gasteiger partial charge in [-0.3, -0.25) is 9.35 Å². The maximum absolute atomic E-state index is 11.6. The summed E-state index contributed by atoms with van der Waals surface area (Å²) in [4.78, 5) is 10.6. The second kappa shape index (κ2) is 9.88. The molecule has 0 aliphatic carbocycles. The standard InChI is InChI=1S/C21H25NO5S.O3S/c1-14-21(2,3)20-17-13-16(28(25,26)27)10-8-15(17)9-11-18(20)22(14)12-6-4-5-7-19(23)24;1-4(2)3/h8-11,13H,4-7,12H2,1-3H3,(H-,23,24,25,26,27);/p+1. The van der Waals surface area contributed by atoms with Crippen LogP contribution in [0.4, 0.5) is 5.69 Å². The Morgan fingerprint density at radius 2 is 1.66 bits per heavy atom. The molecule has 3 rings (SSSR count). The summed E-state index contributed by atoms with van der Waals surface area (Å²) in [7, 11) is -7.38. The number of fused-ring (bicyclic) bond motifs is 3. The average Bonchev–Trinajstić information content (AvgIpc) is 2.86. The van der Waals surface area contributed by atoms with Crippen molar-refractivity contribution < 1.29 is 40.1 Å². The zero-order valence-corrected chi connectivity index (χ0v) is 19.7. The van der Waals surface area contributed by atoms with Gasteiger partial charge in [-0.15, -0.1) is 12.6 Å². The molecule has 0 bridgehead atoms. The highest BCUT2D eigenvalue weighted by Gasteiger charge is 2.44. The van der Waals surface area contributed by atoms with E-state index in [2.05, 4.69) is 31.4 Å². The molecule has 32 heavy (non-hydrogen) atoms. The van der Waals surface area contributed by atoms with Crippen LogP contribution < -0.4 is 0 Å². The van der Waals surface area contributed by atoms with Crippen LogP contribution in [-0.2, 0) is 30.9 Å². The van der Waals surface area contributed by atoms with Crippen molar-refractivity contribution in [1.82, 2.24) is 0 Å². The Labute approximate surface area is 188 Å². The van der Waals surface area contributed by atoms with Crippen molar-refractivity contribution in [2.75, 3.05) is 6.54 Å². The van der Waals surface area contributed by atoms with Crippen molar-refractivity contribution in [2.24, 2.45) is 0 Å². The van der Waals surface area contributed by atoms with E-state index in [0.717, 1.165) is 41.4 Å². The summed E-state index contributed by atoms with van der Waals surface area (Å²) < 4.78 is 60.3. The van der Waals surface area contributed by atoms with E-state index in [9.17, 15) is 17.8 Å². The summed E-state index contributed by atoms with van der Waals surface area (Å²) in [5, 5.41) is 10.5. The van der Waals surface area contributed by atoms with E-state index in [4.69, 9.17) is 17.7 Å². The number of carboxylic acid groups (broad SMARTS) is 1. The molecule has 0 radical (unpaired) electrons. The Kier molecular flexibility index (Phi) is 7.92. The minimum Gasteiger partial charge on any atom is -0.481 e. The zero-order chi connectivity index (χ0) is 24.3. The van der Waals surface area contributed by atoms with Crippen molar-refractivity contribution in [3.05, 3.63) is 35.9 Å². The molecule has 2 N–H and O–H groups in total. The molecule has 0 amide bonds. The van der Waals surface area contributed by atoms with E-state index in [0.29, 0.717) is 6.42 Å². The Hall–Kier alpha value is -2.63. The number of aliphatic carboxylic acids is 1. The third kappa shape index (κ3) is 5.78. The predicted octanol–water partition coefficient (Wildman–Crippen LogP) is 3.12. The van der Waals surface area contributed by atoms with E-state index in [1.807, 2.05) is 6.07 Å². The van der Waals surface area contributed by atoms with Gasteiger partial charge in [0.1, 0.15) is 6.54 Å². The predicted molar refractivity (Wildman–Crippen MR) is 118 cm³/mol. The molecule has 2 aromatic carbocycles. The topological polar surface area (TPSA) is 146 Å². The van der Waals surface area contributed by atoms with Crippen LogP contribution in [0.15, 0.2) is 35.2 Å². The molecule has 174 valence electrons. The van der Waals surface area contributed by atoms with Crippen molar-refractivity contribution in [3.8, 4) is 0 Å². The zero-order valence-electron chi connectivity index (χ0n) is 18.0. The number of unbranched alkanes of at least 4 members (excludes halogenated alkanes) is 2. The smallest absolute Gasteiger partial charge is 0.425 e. The monoisotopic (exact) mass is 484 g/mol. The van der Waals surface area contributed by atoms with Crippen molar-refractivity contribution in [1.29, 1.82) is 0 Å². The van der Waals surface area contributed by atoms with E-state index in [1.54, 1.807) is 12.1 Å². The molecule has 0 saturated carbocycles. The Balaban J connectivity index is 0.000000837. The molecule has 1 aliphatic rings. The molecular weight excluding hydrogens is 458 g/mol. The molecule has 0 aromatic heterocycles. The van der Waals surface area contributed by atoms with Gasteiger partial charge < -0.3 is 5.11 Å². The minimum atomic E-state index is -4.27. The molecular formula is C21H26NO8S2+. The van der Waals surface area contributed by atoms with E-state index in [-0.39, 0.29) is 16.7 Å². The first-order valence-electron chi connectivity index (χ1n) is 9.91. The maximum atomic E-state index is 11.6. The van der Waals surface area contributed by atoms with Gasteiger partial charge >= 0.3 is 16.6 Å². The summed E-state index contributed by atoms with van der Waals surface area (Å²) in [6.45, 7) is 7.09. The van der Waals surface area contributed by atoms with Crippen LogP contribution in [0.25, 0.3) is 10.8 Å². The highest BCUT2D eigenvalue weighted by molar-refractivity contribution is 7.85. The number of nitrogens with zero attached hydrogens (tertiary/aromatic N) is 1. The lowest BCUT2D eigenvalue weighted by atomic mass is 9.80. The lowest BCUT2D eigenvalue weighted by Crippen LogP contribution is -2.27. The first kappa shape index (κ1) is 25.6. The first-order valence-corrected chi connectivity index (χ1v) is 12.4. The lowest BCUT2D eigenvalue weighted by molar-refractivity contribution is -0.439. The fraction of sp³-hybridized carbons (Fsp3) is 0.429. The molecule has 0 atom stereocenters. The Bertz CT molecular complexity index is 1290. The summed E-state index contributed by atoms with van der Waals surface area (Å²) in [5.41, 5.74) is 2.98. The molecule has 11 heteroatoms. The second-order valence-corrected chi connectivity index (χ2v) is 9.92. The van der Waals surface area contributed by atoms with Crippen LogP contribution in [0, 0.1) is 0 Å². The third-order valence-electron chi connectivity index (χ3n) is 5.77.